The van der Waals surface area contributed by atoms with E-state index in [1.165, 1.54) is 18.2 Å². The normalized spacial score (nSPS) is 19.2. The summed E-state index contributed by atoms with van der Waals surface area (Å²) in [5.74, 6) is -2.17. The Morgan fingerprint density at radius 1 is 0.966 bits per heavy atom. The first-order valence-corrected chi connectivity index (χ1v) is 12.9. The monoisotopic (exact) mass is 457 g/mol. The number of carboxylic acid groups (broad SMARTS) is 1. The quantitative estimate of drug-likeness (QED) is 0.561. The van der Waals surface area contributed by atoms with Gasteiger partial charge in [0.05, 0.1) is 15.4 Å². The smallest absolute Gasteiger partial charge is 0.306 e. The average Bonchev–Trinajstić information content (AvgIpc) is 2.61. The van der Waals surface area contributed by atoms with Crippen molar-refractivity contribution in [3.05, 3.63) is 0 Å². The molecule has 8 nitrogen and oxygen atoms in total. The van der Waals surface area contributed by atoms with Gasteiger partial charge in [-0.15, -0.1) is 0 Å². The molecule has 1 atom stereocenters. The number of sulfonamides is 1. The molecule has 29 heavy (non-hydrogen) atoms. The fourth-order valence-electron chi connectivity index (χ4n) is 3.61. The van der Waals surface area contributed by atoms with Gasteiger partial charge in [-0.3, -0.25) is 9.35 Å². The van der Waals surface area contributed by atoms with Gasteiger partial charge >= 0.3 is 5.97 Å². The second-order valence-electron chi connectivity index (χ2n) is 9.05. The highest BCUT2D eigenvalue weighted by Gasteiger charge is 2.57. The van der Waals surface area contributed by atoms with E-state index >= 15 is 0 Å². The van der Waals surface area contributed by atoms with E-state index in [9.17, 15) is 26.2 Å². The van der Waals surface area contributed by atoms with Crippen molar-refractivity contribution in [3.63, 3.8) is 0 Å². The second kappa shape index (κ2) is 9.20. The second-order valence-corrected chi connectivity index (χ2v) is 13.5. The van der Waals surface area contributed by atoms with Crippen LogP contribution in [0.25, 0.3) is 0 Å². The van der Waals surface area contributed by atoms with Gasteiger partial charge in [0.2, 0.25) is 10.0 Å². The molecule has 1 unspecified atom stereocenters. The minimum Gasteiger partial charge on any atom is -0.481 e. The molecule has 2 N–H and O–H groups in total. The summed E-state index contributed by atoms with van der Waals surface area (Å²) in [4.78, 5) is 11.1. The topological polar surface area (TPSA) is 129 Å². The molecule has 1 fully saturated rings. The number of hydrogen-bond donors (Lipinski definition) is 2. The number of aliphatic carboxylic acids is 1. The number of carbonyl (C=O) groups is 1. The highest BCUT2D eigenvalue weighted by atomic mass is 32.2. The van der Waals surface area contributed by atoms with E-state index in [4.69, 9.17) is 5.11 Å². The van der Waals surface area contributed by atoms with Crippen molar-refractivity contribution in [2.75, 3.05) is 13.1 Å². The lowest BCUT2D eigenvalue weighted by molar-refractivity contribution is -0.142. The summed E-state index contributed by atoms with van der Waals surface area (Å²) in [5, 5.41) is 9.11. The van der Waals surface area contributed by atoms with Gasteiger partial charge in [-0.2, -0.15) is 8.42 Å². The Bertz CT molecular complexity index is 775. The Kier molecular flexibility index (Phi) is 8.97. The van der Waals surface area contributed by atoms with E-state index in [2.05, 4.69) is 0 Å². The van der Waals surface area contributed by atoms with Crippen molar-refractivity contribution in [1.82, 2.24) is 4.31 Å². The van der Waals surface area contributed by atoms with Crippen LogP contribution in [0.15, 0.2) is 0 Å². The van der Waals surface area contributed by atoms with Gasteiger partial charge < -0.3 is 5.11 Å². The molecule has 0 aromatic rings. The van der Waals surface area contributed by atoms with Crippen LogP contribution in [0.5, 0.6) is 0 Å². The van der Waals surface area contributed by atoms with Crippen LogP contribution in [0.1, 0.15) is 75.2 Å². The van der Waals surface area contributed by atoms with E-state index in [1.54, 1.807) is 34.6 Å². The maximum atomic E-state index is 13.4. The molecule has 174 valence electrons. The van der Waals surface area contributed by atoms with Crippen LogP contribution in [0, 0.1) is 17.3 Å². The third-order valence-electron chi connectivity index (χ3n) is 7.13. The Labute approximate surface area is 176 Å². The van der Waals surface area contributed by atoms with Crippen molar-refractivity contribution in [1.29, 1.82) is 0 Å². The lowest BCUT2D eigenvalue weighted by atomic mass is 9.66. The molecule has 10 heteroatoms. The van der Waals surface area contributed by atoms with Crippen LogP contribution >= 0.6 is 0 Å². The van der Waals surface area contributed by atoms with E-state index in [0.29, 0.717) is 0 Å². The van der Waals surface area contributed by atoms with Crippen LogP contribution < -0.4 is 0 Å². The molecule has 0 radical (unpaired) electrons. The molecule has 0 aromatic heterocycles. The van der Waals surface area contributed by atoms with Crippen LogP contribution in [-0.2, 0) is 24.9 Å². The van der Waals surface area contributed by atoms with Crippen molar-refractivity contribution in [2.24, 2.45) is 17.3 Å². The molecule has 0 spiro atoms. The third kappa shape index (κ3) is 5.14. The van der Waals surface area contributed by atoms with E-state index in [0.717, 1.165) is 0 Å². The summed E-state index contributed by atoms with van der Waals surface area (Å²) in [6.45, 7) is 15.1. The number of carboxylic acids is 1. The minimum absolute atomic E-state index is 0.120. The van der Waals surface area contributed by atoms with Gasteiger partial charge in [0, 0.05) is 13.1 Å². The zero-order valence-electron chi connectivity index (χ0n) is 19.2. The molecule has 1 rings (SSSR count). The minimum atomic E-state index is -4.41. The van der Waals surface area contributed by atoms with Crippen molar-refractivity contribution >= 4 is 26.1 Å². The molecule has 1 heterocycles. The molecule has 1 aliphatic rings. The predicted octanol–water partition coefficient (Wildman–Crippen LogP) is 3.25. The fraction of sp³-hybridized carbons (Fsp3) is 0.947. The SMILES string of the molecule is CC.CC(C(C)(C)C(C)(C)S(=O)(=O)N1CCC(C(=O)O)CC1)C(C)(C)S(=O)(=O)O. The maximum absolute atomic E-state index is 13.4. The van der Waals surface area contributed by atoms with E-state index < -0.39 is 52.9 Å². The summed E-state index contributed by atoms with van der Waals surface area (Å²) < 4.78 is 58.5. The molecule has 0 aromatic carbocycles. The van der Waals surface area contributed by atoms with Crippen molar-refractivity contribution < 1.29 is 31.3 Å². The fourth-order valence-corrected chi connectivity index (χ4v) is 6.53. The lowest BCUT2D eigenvalue weighted by Crippen LogP contribution is -2.60. The molecule has 0 saturated carbocycles. The Balaban J connectivity index is 0.00000379. The summed E-state index contributed by atoms with van der Waals surface area (Å²) >= 11 is 0. The highest BCUT2D eigenvalue weighted by molar-refractivity contribution is 7.90. The van der Waals surface area contributed by atoms with E-state index in [-0.39, 0.29) is 25.9 Å². The van der Waals surface area contributed by atoms with Gasteiger partial charge in [0.15, 0.2) is 0 Å². The van der Waals surface area contributed by atoms with Crippen LogP contribution in [0.3, 0.4) is 0 Å². The Hall–Kier alpha value is -0.710. The predicted molar refractivity (Wildman–Crippen MR) is 115 cm³/mol. The number of piperidine rings is 1. The van der Waals surface area contributed by atoms with Crippen LogP contribution in [0.2, 0.25) is 0 Å². The molecule has 0 aliphatic carbocycles. The first-order valence-electron chi connectivity index (χ1n) is 10.0. The Morgan fingerprint density at radius 3 is 1.66 bits per heavy atom. The zero-order chi connectivity index (χ0) is 23.6. The number of hydrogen-bond acceptors (Lipinski definition) is 5. The first kappa shape index (κ1) is 28.3. The highest BCUT2D eigenvalue weighted by Crippen LogP contribution is 2.50. The summed E-state index contributed by atoms with van der Waals surface area (Å²) in [6, 6.07) is 0. The summed E-state index contributed by atoms with van der Waals surface area (Å²) in [6.07, 6.45) is 0.494. The van der Waals surface area contributed by atoms with Gasteiger partial charge in [0.25, 0.3) is 10.1 Å². The third-order valence-corrected chi connectivity index (χ3v) is 11.7. The van der Waals surface area contributed by atoms with E-state index in [1.807, 2.05) is 13.8 Å². The van der Waals surface area contributed by atoms with Crippen molar-refractivity contribution in [3.8, 4) is 0 Å². The molecular weight excluding hydrogens is 418 g/mol. The van der Waals surface area contributed by atoms with Gasteiger partial charge in [0.1, 0.15) is 0 Å². The van der Waals surface area contributed by atoms with Gasteiger partial charge in [-0.05, 0) is 51.9 Å². The van der Waals surface area contributed by atoms with Crippen LogP contribution in [0.4, 0.5) is 0 Å². The first-order chi connectivity index (χ1) is 12.8. The Morgan fingerprint density at radius 2 is 1.34 bits per heavy atom. The lowest BCUT2D eigenvalue weighted by Gasteiger charge is -2.51. The van der Waals surface area contributed by atoms with Crippen LogP contribution in [-0.4, -0.2) is 59.4 Å². The van der Waals surface area contributed by atoms with Crippen molar-refractivity contribution in [2.45, 2.75) is 84.6 Å². The maximum Gasteiger partial charge on any atom is 0.306 e. The molecule has 1 saturated heterocycles. The standard InChI is InChI=1S/C17H33NO7S2.C2H6/c1-12(16(4,5)27(23,24)25)15(2,3)17(6,7)26(21,22)18-10-8-13(9-11-18)14(19)20;1-2/h12-13H,8-11H2,1-7H3,(H,19,20)(H,23,24,25);1-2H3. The van der Waals surface area contributed by atoms with Gasteiger partial charge in [-0.25, -0.2) is 12.7 Å². The zero-order valence-corrected chi connectivity index (χ0v) is 20.8. The molecule has 0 bridgehead atoms. The average molecular weight is 458 g/mol. The summed E-state index contributed by atoms with van der Waals surface area (Å²) in [5.41, 5.74) is -1.02. The largest absolute Gasteiger partial charge is 0.481 e. The number of nitrogens with zero attached hydrogens (tertiary/aromatic N) is 1. The number of rotatable bonds is 7. The molecule has 0 amide bonds. The molecular formula is C19H39NO7S2. The summed E-state index contributed by atoms with van der Waals surface area (Å²) in [7, 11) is -8.26. The van der Waals surface area contributed by atoms with Gasteiger partial charge in [-0.1, -0.05) is 34.6 Å². The molecule has 1 aliphatic heterocycles.